The molecule has 4 nitrogen and oxygen atoms in total. The second-order valence-corrected chi connectivity index (χ2v) is 7.31. The van der Waals surface area contributed by atoms with Crippen LogP contribution in [-0.4, -0.2) is 9.79 Å². The lowest BCUT2D eigenvalue weighted by Gasteiger charge is -2.08. The van der Waals surface area contributed by atoms with Gasteiger partial charge in [0, 0.05) is 5.82 Å². The Morgan fingerprint density at radius 1 is 0.846 bits per heavy atom. The van der Waals surface area contributed by atoms with Crippen LogP contribution in [0.3, 0.4) is 0 Å². The van der Waals surface area contributed by atoms with Gasteiger partial charge in [0.1, 0.15) is 12.4 Å². The highest BCUT2D eigenvalue weighted by atomic mass is 31.2. The molecule has 2 N–H and O–H groups in total. The lowest BCUT2D eigenvalue weighted by Crippen LogP contribution is -1.95. The van der Waals surface area contributed by atoms with Crippen molar-refractivity contribution in [2.75, 3.05) is 0 Å². The normalized spacial score (nSPS) is 11.6. The fourth-order valence-electron chi connectivity index (χ4n) is 2.51. The Hall–Kier alpha value is -2.65. The maximum absolute atomic E-state index is 10.9. The molecule has 0 aliphatic carbocycles. The topological polar surface area (TPSA) is 66.8 Å². The molecule has 0 atom stereocenters. The van der Waals surface area contributed by atoms with Crippen LogP contribution in [0.5, 0.6) is 5.75 Å². The quantitative estimate of drug-likeness (QED) is 0.597. The molecule has 26 heavy (non-hydrogen) atoms. The summed E-state index contributed by atoms with van der Waals surface area (Å²) in [5.74, 6) is 1.66. The first-order valence-corrected chi connectivity index (χ1v) is 9.79. The minimum Gasteiger partial charge on any atom is -0.489 e. The second kappa shape index (κ2) is 8.15. The third kappa shape index (κ3) is 5.43. The van der Waals surface area contributed by atoms with Gasteiger partial charge in [0.25, 0.3) is 0 Å². The highest BCUT2D eigenvalue weighted by molar-refractivity contribution is 7.55. The van der Waals surface area contributed by atoms with Crippen molar-refractivity contribution in [2.24, 2.45) is 0 Å². The van der Waals surface area contributed by atoms with Gasteiger partial charge in [-0.2, -0.15) is 0 Å². The van der Waals surface area contributed by atoms with Crippen LogP contribution in [0.25, 0.3) is 17.2 Å². The Kier molecular flexibility index (Phi) is 5.69. The van der Waals surface area contributed by atoms with Crippen molar-refractivity contribution in [3.05, 3.63) is 95.8 Å². The van der Waals surface area contributed by atoms with Crippen molar-refractivity contribution in [2.45, 2.75) is 6.61 Å². The average Bonchev–Trinajstić information content (AvgIpc) is 2.66. The van der Waals surface area contributed by atoms with E-state index in [1.807, 2.05) is 60.7 Å². The maximum Gasteiger partial charge on any atom is 0.349 e. The zero-order valence-corrected chi connectivity index (χ0v) is 14.9. The zero-order chi connectivity index (χ0) is 18.4. The molecule has 0 aliphatic rings. The summed E-state index contributed by atoms with van der Waals surface area (Å²) >= 11 is 0. The lowest BCUT2D eigenvalue weighted by molar-refractivity contribution is 0.306. The molecular formula is C21H19O4P. The van der Waals surface area contributed by atoms with E-state index in [1.54, 1.807) is 6.07 Å². The van der Waals surface area contributed by atoms with Crippen LogP contribution in [0.4, 0.5) is 0 Å². The SMILES string of the molecule is O=P(O)(O)C=Cc1cccc(COc2ccc(-c3ccccc3)cc2)c1. The standard InChI is InChI=1S/C21H19O4P/c22-26(23,24)14-13-17-5-4-6-18(15-17)16-25-21-11-9-20(10-12-21)19-7-2-1-3-8-19/h1-15H,16H2,(H2,22,23,24). The van der Waals surface area contributed by atoms with Crippen molar-refractivity contribution >= 4 is 13.7 Å². The smallest absolute Gasteiger partial charge is 0.349 e. The molecule has 0 spiro atoms. The fourth-order valence-corrected chi connectivity index (χ4v) is 2.88. The second-order valence-electron chi connectivity index (χ2n) is 5.83. The summed E-state index contributed by atoms with van der Waals surface area (Å²) in [5, 5.41) is 0. The van der Waals surface area contributed by atoms with Gasteiger partial charge in [0.15, 0.2) is 0 Å². The van der Waals surface area contributed by atoms with Gasteiger partial charge in [-0.15, -0.1) is 0 Å². The van der Waals surface area contributed by atoms with Crippen molar-refractivity contribution in [3.8, 4) is 16.9 Å². The van der Waals surface area contributed by atoms with Gasteiger partial charge in [-0.25, -0.2) is 0 Å². The van der Waals surface area contributed by atoms with E-state index in [-0.39, 0.29) is 0 Å². The van der Waals surface area contributed by atoms with E-state index in [0.717, 1.165) is 28.3 Å². The third-order valence-electron chi connectivity index (χ3n) is 3.78. The summed E-state index contributed by atoms with van der Waals surface area (Å²) < 4.78 is 16.7. The molecule has 3 rings (SSSR count). The Morgan fingerprint density at radius 3 is 2.23 bits per heavy atom. The van der Waals surface area contributed by atoms with Crippen LogP contribution in [0.2, 0.25) is 0 Å². The van der Waals surface area contributed by atoms with Crippen LogP contribution in [-0.2, 0) is 11.2 Å². The predicted octanol–water partition coefficient (Wildman–Crippen LogP) is 5.08. The first-order valence-electron chi connectivity index (χ1n) is 8.11. The van der Waals surface area contributed by atoms with Crippen LogP contribution >= 0.6 is 7.60 Å². The van der Waals surface area contributed by atoms with Crippen molar-refractivity contribution in [1.29, 1.82) is 0 Å². The highest BCUT2D eigenvalue weighted by Crippen LogP contribution is 2.36. The van der Waals surface area contributed by atoms with Gasteiger partial charge in [-0.3, -0.25) is 4.57 Å². The van der Waals surface area contributed by atoms with Crippen molar-refractivity contribution < 1.29 is 19.1 Å². The average molecular weight is 366 g/mol. The summed E-state index contributed by atoms with van der Waals surface area (Å²) in [5.41, 5.74) is 3.92. The van der Waals surface area contributed by atoms with E-state index in [2.05, 4.69) is 12.1 Å². The third-order valence-corrected chi connectivity index (χ3v) is 4.32. The molecule has 0 unspecified atom stereocenters. The molecule has 5 heteroatoms. The molecule has 0 saturated carbocycles. The molecule has 0 heterocycles. The van der Waals surface area contributed by atoms with E-state index in [4.69, 9.17) is 14.5 Å². The van der Waals surface area contributed by atoms with Gasteiger partial charge >= 0.3 is 7.60 Å². The molecule has 3 aromatic carbocycles. The molecular weight excluding hydrogens is 347 g/mol. The number of hydrogen-bond acceptors (Lipinski definition) is 2. The Balaban J connectivity index is 1.64. The van der Waals surface area contributed by atoms with E-state index in [0.29, 0.717) is 12.2 Å². The molecule has 132 valence electrons. The largest absolute Gasteiger partial charge is 0.489 e. The van der Waals surface area contributed by atoms with E-state index < -0.39 is 7.60 Å². The summed E-state index contributed by atoms with van der Waals surface area (Å²) in [4.78, 5) is 17.8. The molecule has 0 saturated heterocycles. The monoisotopic (exact) mass is 366 g/mol. The van der Waals surface area contributed by atoms with Gasteiger partial charge in [-0.1, -0.05) is 60.7 Å². The van der Waals surface area contributed by atoms with Gasteiger partial charge in [-0.05, 0) is 46.5 Å². The summed E-state index contributed by atoms with van der Waals surface area (Å²) in [7, 11) is -4.15. The van der Waals surface area contributed by atoms with Crippen LogP contribution in [0.15, 0.2) is 84.7 Å². The van der Waals surface area contributed by atoms with E-state index in [1.165, 1.54) is 6.08 Å². The summed E-state index contributed by atoms with van der Waals surface area (Å²) in [6.45, 7) is 0.377. The fraction of sp³-hybridized carbons (Fsp3) is 0.0476. The van der Waals surface area contributed by atoms with Gasteiger partial charge in [0.2, 0.25) is 0 Å². The van der Waals surface area contributed by atoms with Crippen LogP contribution in [0.1, 0.15) is 11.1 Å². The highest BCUT2D eigenvalue weighted by Gasteiger charge is 2.05. The molecule has 0 bridgehead atoms. The van der Waals surface area contributed by atoms with Gasteiger partial charge in [0.05, 0.1) is 0 Å². The molecule has 0 amide bonds. The van der Waals surface area contributed by atoms with Crippen LogP contribution < -0.4 is 4.74 Å². The number of ether oxygens (including phenoxy) is 1. The Morgan fingerprint density at radius 2 is 1.54 bits per heavy atom. The summed E-state index contributed by atoms with van der Waals surface area (Å²) in [6.07, 6.45) is 1.42. The molecule has 0 radical (unpaired) electrons. The molecule has 0 fully saturated rings. The lowest BCUT2D eigenvalue weighted by atomic mass is 10.1. The maximum atomic E-state index is 10.9. The zero-order valence-electron chi connectivity index (χ0n) is 14.0. The van der Waals surface area contributed by atoms with Gasteiger partial charge < -0.3 is 14.5 Å². The first-order chi connectivity index (χ1) is 12.5. The number of benzene rings is 3. The Labute approximate surface area is 152 Å². The summed E-state index contributed by atoms with van der Waals surface area (Å²) in [6, 6.07) is 25.4. The molecule has 0 aromatic heterocycles. The van der Waals surface area contributed by atoms with Crippen molar-refractivity contribution in [3.63, 3.8) is 0 Å². The minimum absolute atomic E-state index is 0.377. The first kappa shape index (κ1) is 18.2. The predicted molar refractivity (Wildman–Crippen MR) is 104 cm³/mol. The number of rotatable bonds is 6. The molecule has 3 aromatic rings. The minimum atomic E-state index is -4.15. The van der Waals surface area contributed by atoms with E-state index >= 15 is 0 Å². The van der Waals surface area contributed by atoms with E-state index in [9.17, 15) is 4.57 Å². The number of hydrogen-bond donors (Lipinski definition) is 2. The Bertz CT molecular complexity index is 928. The molecule has 0 aliphatic heterocycles. The van der Waals surface area contributed by atoms with Crippen LogP contribution in [0, 0.1) is 0 Å². The van der Waals surface area contributed by atoms with Crippen molar-refractivity contribution in [1.82, 2.24) is 0 Å².